The molecule has 76 valence electrons. The summed E-state index contributed by atoms with van der Waals surface area (Å²) in [5, 5.41) is 17.5. The minimum atomic E-state index is -0.520. The van der Waals surface area contributed by atoms with Crippen molar-refractivity contribution in [1.29, 1.82) is 0 Å². The van der Waals surface area contributed by atoms with Gasteiger partial charge >= 0.3 is 5.35 Å². The number of nitro benzene ring substituents is 1. The van der Waals surface area contributed by atoms with Crippen LogP contribution in [0.4, 0.5) is 5.69 Å². The third-order valence-electron chi connectivity index (χ3n) is 1.73. The summed E-state index contributed by atoms with van der Waals surface area (Å²) in [6.07, 6.45) is 0. The molecule has 0 spiro atoms. The molecule has 1 heterocycles. The van der Waals surface area contributed by atoms with E-state index in [1.807, 2.05) is 0 Å². The number of hydrogen-bond donors (Lipinski definition) is 0. The van der Waals surface area contributed by atoms with Gasteiger partial charge in [0.25, 0.3) is 11.6 Å². The van der Waals surface area contributed by atoms with E-state index in [2.05, 4.69) is 10.2 Å². The van der Waals surface area contributed by atoms with Gasteiger partial charge in [-0.15, -0.1) is 5.10 Å². The van der Waals surface area contributed by atoms with Gasteiger partial charge < -0.3 is 4.42 Å². The molecule has 0 N–H and O–H groups in total. The third kappa shape index (κ3) is 1.79. The Morgan fingerprint density at radius 2 is 2.07 bits per heavy atom. The van der Waals surface area contributed by atoms with Gasteiger partial charge in [0.05, 0.1) is 4.92 Å². The van der Waals surface area contributed by atoms with E-state index in [-0.39, 0.29) is 22.5 Å². The van der Waals surface area contributed by atoms with E-state index in [1.165, 1.54) is 12.1 Å². The average Bonchev–Trinajstić information content (AvgIpc) is 2.65. The summed E-state index contributed by atoms with van der Waals surface area (Å²) in [6.45, 7) is 0. The van der Waals surface area contributed by atoms with Crippen molar-refractivity contribution < 1.29 is 9.34 Å². The quantitative estimate of drug-likeness (QED) is 0.578. The lowest BCUT2D eigenvalue weighted by molar-refractivity contribution is -0.384. The van der Waals surface area contributed by atoms with E-state index in [4.69, 9.17) is 16.0 Å². The first kappa shape index (κ1) is 9.60. The third-order valence-corrected chi connectivity index (χ3v) is 1.88. The number of nitro groups is 1. The van der Waals surface area contributed by atoms with Gasteiger partial charge in [-0.1, -0.05) is 17.2 Å². The van der Waals surface area contributed by atoms with Gasteiger partial charge in [-0.25, -0.2) is 0 Å². The first-order valence-corrected chi connectivity index (χ1v) is 4.29. The smallest absolute Gasteiger partial charge is 0.313 e. The van der Waals surface area contributed by atoms with E-state index in [0.29, 0.717) is 0 Å². The Balaban J connectivity index is 2.57. The Bertz CT molecular complexity index is 511. The second-order valence-corrected chi connectivity index (χ2v) is 2.96. The average molecular weight is 226 g/mol. The summed E-state index contributed by atoms with van der Waals surface area (Å²) in [4.78, 5) is 10.2. The molecule has 0 atom stereocenters. The highest BCUT2D eigenvalue weighted by atomic mass is 35.5. The predicted molar refractivity (Wildman–Crippen MR) is 51.4 cm³/mol. The molecule has 7 heteroatoms. The maximum absolute atomic E-state index is 10.7. The Morgan fingerprint density at radius 3 is 2.67 bits per heavy atom. The Morgan fingerprint density at radius 1 is 1.33 bits per heavy atom. The van der Waals surface area contributed by atoms with Crippen LogP contribution in [0.3, 0.4) is 0 Å². The highest BCUT2D eigenvalue weighted by Gasteiger charge is 2.18. The van der Waals surface area contributed by atoms with Crippen LogP contribution in [0.1, 0.15) is 0 Å². The van der Waals surface area contributed by atoms with E-state index < -0.39 is 4.92 Å². The first-order valence-electron chi connectivity index (χ1n) is 3.91. The molecule has 0 aliphatic heterocycles. The molecule has 0 aliphatic carbocycles. The fourth-order valence-electron chi connectivity index (χ4n) is 1.13. The Hall–Kier alpha value is -1.95. The Kier molecular flexibility index (Phi) is 2.34. The normalized spacial score (nSPS) is 10.2. The number of halogens is 1. The van der Waals surface area contributed by atoms with Crippen LogP contribution >= 0.6 is 11.6 Å². The van der Waals surface area contributed by atoms with E-state index in [1.54, 1.807) is 12.1 Å². The second-order valence-electron chi connectivity index (χ2n) is 2.63. The number of rotatable bonds is 2. The maximum atomic E-state index is 10.7. The van der Waals surface area contributed by atoms with Crippen molar-refractivity contribution in [3.8, 4) is 11.5 Å². The lowest BCUT2D eigenvalue weighted by Gasteiger charge is -1.95. The molecule has 15 heavy (non-hydrogen) atoms. The number of benzene rings is 1. The van der Waals surface area contributed by atoms with Crippen molar-refractivity contribution in [2.45, 2.75) is 0 Å². The highest BCUT2D eigenvalue weighted by molar-refractivity contribution is 6.27. The van der Waals surface area contributed by atoms with Crippen LogP contribution in [0.2, 0.25) is 5.35 Å². The fraction of sp³-hybridized carbons (Fsp3) is 0. The highest BCUT2D eigenvalue weighted by Crippen LogP contribution is 2.28. The number of hydrogen-bond acceptors (Lipinski definition) is 5. The zero-order chi connectivity index (χ0) is 10.8. The summed E-state index contributed by atoms with van der Waals surface area (Å²) in [5.74, 6) is 0.0345. The molecule has 1 aromatic heterocycles. The van der Waals surface area contributed by atoms with Crippen molar-refractivity contribution in [2.24, 2.45) is 0 Å². The van der Waals surface area contributed by atoms with E-state index in [9.17, 15) is 10.1 Å². The van der Waals surface area contributed by atoms with Gasteiger partial charge in [-0.2, -0.15) is 0 Å². The number of para-hydroxylation sites is 1. The molecule has 0 unspecified atom stereocenters. The number of aromatic nitrogens is 2. The van der Waals surface area contributed by atoms with Crippen molar-refractivity contribution >= 4 is 17.3 Å². The fourth-order valence-corrected chi connectivity index (χ4v) is 1.24. The summed E-state index contributed by atoms with van der Waals surface area (Å²) in [7, 11) is 0. The predicted octanol–water partition coefficient (Wildman–Crippen LogP) is 2.30. The van der Waals surface area contributed by atoms with Gasteiger partial charge in [0.1, 0.15) is 5.56 Å². The molecule has 0 amide bonds. The molecule has 0 aliphatic rings. The van der Waals surface area contributed by atoms with Crippen LogP contribution in [-0.2, 0) is 0 Å². The molecule has 0 bridgehead atoms. The molecule has 2 rings (SSSR count). The van der Waals surface area contributed by atoms with Crippen LogP contribution in [-0.4, -0.2) is 15.1 Å². The molecule has 0 saturated carbocycles. The van der Waals surface area contributed by atoms with Gasteiger partial charge in [0, 0.05) is 6.07 Å². The lowest BCUT2D eigenvalue weighted by atomic mass is 10.2. The monoisotopic (exact) mass is 225 g/mol. The van der Waals surface area contributed by atoms with Crippen molar-refractivity contribution in [3.63, 3.8) is 0 Å². The largest absolute Gasteiger partial charge is 0.407 e. The standard InChI is InChI=1S/C8H4ClN3O3/c9-8-11-10-7(15-8)5-3-1-2-4-6(5)12(13)14/h1-4H. The zero-order valence-corrected chi connectivity index (χ0v) is 8.01. The second kappa shape index (κ2) is 3.66. The molecule has 0 saturated heterocycles. The van der Waals surface area contributed by atoms with Crippen molar-refractivity contribution in [3.05, 3.63) is 39.7 Å². The molecule has 1 aromatic carbocycles. The number of nitrogens with zero attached hydrogens (tertiary/aromatic N) is 3. The van der Waals surface area contributed by atoms with Gasteiger partial charge in [-0.3, -0.25) is 10.1 Å². The van der Waals surface area contributed by atoms with Crippen LogP contribution in [0.25, 0.3) is 11.5 Å². The SMILES string of the molecule is O=[N+]([O-])c1ccccc1-c1nnc(Cl)o1. The molecular weight excluding hydrogens is 222 g/mol. The molecule has 2 aromatic rings. The van der Waals surface area contributed by atoms with E-state index >= 15 is 0 Å². The zero-order valence-electron chi connectivity index (χ0n) is 7.25. The topological polar surface area (TPSA) is 82.1 Å². The van der Waals surface area contributed by atoms with E-state index in [0.717, 1.165) is 0 Å². The maximum Gasteiger partial charge on any atom is 0.313 e. The Labute approximate surface area is 88.6 Å². The van der Waals surface area contributed by atoms with Crippen LogP contribution in [0, 0.1) is 10.1 Å². The van der Waals surface area contributed by atoms with Crippen LogP contribution in [0.5, 0.6) is 0 Å². The van der Waals surface area contributed by atoms with Crippen molar-refractivity contribution in [1.82, 2.24) is 10.2 Å². The van der Waals surface area contributed by atoms with Crippen LogP contribution in [0.15, 0.2) is 28.7 Å². The summed E-state index contributed by atoms with van der Waals surface area (Å²) in [6, 6.07) is 6.06. The molecule has 0 radical (unpaired) electrons. The molecule has 6 nitrogen and oxygen atoms in total. The first-order chi connectivity index (χ1) is 7.18. The summed E-state index contributed by atoms with van der Waals surface area (Å²) < 4.78 is 4.90. The molecule has 0 fully saturated rings. The summed E-state index contributed by atoms with van der Waals surface area (Å²) in [5.41, 5.74) is 0.153. The van der Waals surface area contributed by atoms with Gasteiger partial charge in [0.15, 0.2) is 0 Å². The van der Waals surface area contributed by atoms with Crippen molar-refractivity contribution in [2.75, 3.05) is 0 Å². The molecular formula is C8H4ClN3O3. The van der Waals surface area contributed by atoms with Gasteiger partial charge in [-0.05, 0) is 17.7 Å². The van der Waals surface area contributed by atoms with Crippen LogP contribution < -0.4 is 0 Å². The lowest BCUT2D eigenvalue weighted by Crippen LogP contribution is -1.91. The minimum Gasteiger partial charge on any atom is -0.407 e. The van der Waals surface area contributed by atoms with Gasteiger partial charge in [0.2, 0.25) is 0 Å². The summed E-state index contributed by atoms with van der Waals surface area (Å²) >= 11 is 5.43. The minimum absolute atomic E-state index is 0.0345.